The molecule has 0 unspecified atom stereocenters. The van der Waals surface area contributed by atoms with Crippen molar-refractivity contribution in [1.29, 1.82) is 5.41 Å². The third-order valence-corrected chi connectivity index (χ3v) is 2.70. The van der Waals surface area contributed by atoms with Gasteiger partial charge in [-0.1, -0.05) is 0 Å². The van der Waals surface area contributed by atoms with Gasteiger partial charge in [0.05, 0.1) is 18.8 Å². The Kier molecular flexibility index (Phi) is 5.34. The summed E-state index contributed by atoms with van der Waals surface area (Å²) in [5.74, 6) is -0.688. The lowest BCUT2D eigenvalue weighted by Crippen LogP contribution is -2.30. The second-order valence-corrected chi connectivity index (χ2v) is 4.08. The number of benzene rings is 1. The smallest absolute Gasteiger partial charge is 0.395 e. The Labute approximate surface area is 113 Å². The Hall–Kier alpha value is -1.80. The first kappa shape index (κ1) is 16.3. The van der Waals surface area contributed by atoms with Gasteiger partial charge in [-0.2, -0.15) is 13.2 Å². The number of nitrogen functional groups attached to an aromatic ring is 1. The molecule has 0 saturated carbocycles. The Morgan fingerprint density at radius 2 is 1.75 bits per heavy atom. The molecule has 0 saturated heterocycles. The van der Waals surface area contributed by atoms with Gasteiger partial charge in [0.2, 0.25) is 0 Å². The number of hydrogen-bond acceptors (Lipinski definition) is 4. The van der Waals surface area contributed by atoms with Crippen molar-refractivity contribution in [1.82, 2.24) is 0 Å². The number of anilines is 1. The first-order valence-electron chi connectivity index (χ1n) is 5.83. The Morgan fingerprint density at radius 3 is 2.15 bits per heavy atom. The van der Waals surface area contributed by atoms with Gasteiger partial charge in [0.1, 0.15) is 5.84 Å². The zero-order chi connectivity index (χ0) is 15.3. The molecular formula is C12H16F3N3O2. The molecule has 1 aromatic rings. The number of halogens is 3. The monoisotopic (exact) mass is 291 g/mol. The molecule has 1 rings (SSSR count). The van der Waals surface area contributed by atoms with Crippen LogP contribution in [0.2, 0.25) is 0 Å². The lowest BCUT2D eigenvalue weighted by Gasteiger charge is -2.24. The van der Waals surface area contributed by atoms with Gasteiger partial charge in [-0.25, -0.2) is 0 Å². The number of alkyl halides is 3. The highest BCUT2D eigenvalue weighted by Crippen LogP contribution is 2.33. The van der Waals surface area contributed by atoms with Crippen LogP contribution in [0.3, 0.4) is 0 Å². The molecule has 112 valence electrons. The van der Waals surface area contributed by atoms with Gasteiger partial charge in [-0.15, -0.1) is 0 Å². The maximum absolute atomic E-state index is 12.8. The first-order chi connectivity index (χ1) is 9.31. The quantitative estimate of drug-likeness (QED) is 0.460. The average molecular weight is 291 g/mol. The van der Waals surface area contributed by atoms with Crippen LogP contribution >= 0.6 is 0 Å². The van der Waals surface area contributed by atoms with Crippen molar-refractivity contribution >= 4 is 11.5 Å². The summed E-state index contributed by atoms with van der Waals surface area (Å²) in [7, 11) is 0. The molecule has 20 heavy (non-hydrogen) atoms. The molecule has 0 aliphatic carbocycles. The summed E-state index contributed by atoms with van der Waals surface area (Å²) in [4.78, 5) is 1.51. The van der Waals surface area contributed by atoms with Crippen LogP contribution in [-0.4, -0.2) is 42.4 Å². The van der Waals surface area contributed by atoms with Crippen LogP contribution in [0.5, 0.6) is 0 Å². The summed E-state index contributed by atoms with van der Waals surface area (Å²) in [5.41, 5.74) is 4.14. The van der Waals surface area contributed by atoms with E-state index in [-0.39, 0.29) is 26.3 Å². The molecule has 0 aliphatic heterocycles. The molecule has 0 amide bonds. The highest BCUT2D eigenvalue weighted by Gasteiger charge is 2.34. The van der Waals surface area contributed by atoms with Crippen LogP contribution in [0.25, 0.3) is 0 Å². The van der Waals surface area contributed by atoms with E-state index in [1.54, 1.807) is 0 Å². The number of rotatable bonds is 6. The van der Waals surface area contributed by atoms with E-state index in [2.05, 4.69) is 0 Å². The fourth-order valence-corrected chi connectivity index (χ4v) is 1.81. The maximum atomic E-state index is 12.8. The number of nitrogens with one attached hydrogen (secondary N) is 1. The summed E-state index contributed by atoms with van der Waals surface area (Å²) in [6.07, 6.45) is -4.60. The minimum Gasteiger partial charge on any atom is -0.395 e. The molecule has 0 heterocycles. The number of amidine groups is 1. The second kappa shape index (κ2) is 6.58. The summed E-state index contributed by atoms with van der Waals surface area (Å²) in [5, 5.41) is 25.1. The van der Waals surface area contributed by atoms with Crippen LogP contribution in [0.15, 0.2) is 18.2 Å². The van der Waals surface area contributed by atoms with E-state index in [0.717, 1.165) is 12.1 Å². The van der Waals surface area contributed by atoms with Crippen molar-refractivity contribution in [2.24, 2.45) is 5.73 Å². The van der Waals surface area contributed by atoms with Gasteiger partial charge >= 0.3 is 6.18 Å². The van der Waals surface area contributed by atoms with Crippen LogP contribution in [-0.2, 0) is 6.18 Å². The van der Waals surface area contributed by atoms with E-state index in [1.165, 1.54) is 11.0 Å². The molecule has 0 aliphatic rings. The zero-order valence-electron chi connectivity index (χ0n) is 10.6. The van der Waals surface area contributed by atoms with E-state index in [9.17, 15) is 13.2 Å². The lowest BCUT2D eigenvalue weighted by molar-refractivity contribution is -0.137. The first-order valence-corrected chi connectivity index (χ1v) is 5.83. The van der Waals surface area contributed by atoms with Gasteiger partial charge in [-0.05, 0) is 18.2 Å². The number of aliphatic hydroxyl groups excluding tert-OH is 2. The van der Waals surface area contributed by atoms with Crippen LogP contribution in [0.1, 0.15) is 11.1 Å². The highest BCUT2D eigenvalue weighted by molar-refractivity contribution is 5.97. The Bertz CT molecular complexity index is 472. The fraction of sp³-hybridized carbons (Fsp3) is 0.417. The molecule has 0 radical (unpaired) electrons. The second-order valence-electron chi connectivity index (χ2n) is 4.08. The molecule has 5 nitrogen and oxygen atoms in total. The third-order valence-electron chi connectivity index (χ3n) is 2.70. The van der Waals surface area contributed by atoms with Crippen molar-refractivity contribution in [3.05, 3.63) is 29.3 Å². The van der Waals surface area contributed by atoms with Gasteiger partial charge in [-0.3, -0.25) is 5.41 Å². The highest BCUT2D eigenvalue weighted by atomic mass is 19.4. The Morgan fingerprint density at radius 1 is 1.20 bits per heavy atom. The topological polar surface area (TPSA) is 93.6 Å². The summed E-state index contributed by atoms with van der Waals surface area (Å²) >= 11 is 0. The molecule has 0 fully saturated rings. The van der Waals surface area contributed by atoms with Crippen molar-refractivity contribution < 1.29 is 23.4 Å². The van der Waals surface area contributed by atoms with E-state index in [1.807, 2.05) is 0 Å². The predicted molar refractivity (Wildman–Crippen MR) is 68.8 cm³/mol. The number of hydrogen-bond donors (Lipinski definition) is 4. The fourth-order valence-electron chi connectivity index (χ4n) is 1.81. The lowest BCUT2D eigenvalue weighted by atomic mass is 10.0. The standard InChI is InChI=1S/C12H16F3N3O2/c13-12(14,15)10-2-1-8(7-9(10)11(16)17)18(3-5-19)4-6-20/h1-2,7,19-20H,3-6H2,(H3,16,17). The van der Waals surface area contributed by atoms with Crippen LogP contribution in [0, 0.1) is 5.41 Å². The molecule has 8 heteroatoms. The van der Waals surface area contributed by atoms with Crippen molar-refractivity contribution in [2.75, 3.05) is 31.2 Å². The van der Waals surface area contributed by atoms with Gasteiger partial charge in [0.15, 0.2) is 0 Å². The third kappa shape index (κ3) is 3.84. The van der Waals surface area contributed by atoms with Crippen molar-refractivity contribution in [3.63, 3.8) is 0 Å². The van der Waals surface area contributed by atoms with Crippen LogP contribution in [0.4, 0.5) is 18.9 Å². The Balaban J connectivity index is 3.24. The minimum absolute atomic E-state index is 0.156. The summed E-state index contributed by atoms with van der Waals surface area (Å²) < 4.78 is 38.4. The predicted octanol–water partition coefficient (Wildman–Crippen LogP) is 0.780. The van der Waals surface area contributed by atoms with Gasteiger partial charge < -0.3 is 20.8 Å². The molecule has 5 N–H and O–H groups in total. The molecule has 1 aromatic carbocycles. The van der Waals surface area contributed by atoms with Gasteiger partial charge in [0.25, 0.3) is 0 Å². The summed E-state index contributed by atoms with van der Waals surface area (Å²) in [6.45, 7) is -0.112. The van der Waals surface area contributed by atoms with E-state index < -0.39 is 23.1 Å². The molecule has 0 atom stereocenters. The largest absolute Gasteiger partial charge is 0.417 e. The minimum atomic E-state index is -4.60. The number of aliphatic hydroxyl groups is 2. The van der Waals surface area contributed by atoms with E-state index >= 15 is 0 Å². The van der Waals surface area contributed by atoms with Crippen molar-refractivity contribution in [3.8, 4) is 0 Å². The average Bonchev–Trinajstić information content (AvgIpc) is 2.36. The van der Waals surface area contributed by atoms with Crippen molar-refractivity contribution in [2.45, 2.75) is 6.18 Å². The van der Waals surface area contributed by atoms with E-state index in [0.29, 0.717) is 5.69 Å². The zero-order valence-corrected chi connectivity index (χ0v) is 10.6. The van der Waals surface area contributed by atoms with Gasteiger partial charge in [0, 0.05) is 24.3 Å². The molecule has 0 spiro atoms. The normalized spacial score (nSPS) is 11.4. The number of nitrogens with zero attached hydrogens (tertiary/aromatic N) is 1. The maximum Gasteiger partial charge on any atom is 0.417 e. The molecule has 0 aromatic heterocycles. The SMILES string of the molecule is N=C(N)c1cc(N(CCO)CCO)ccc1C(F)(F)F. The summed E-state index contributed by atoms with van der Waals surface area (Å²) in [6, 6.07) is 3.20. The van der Waals surface area contributed by atoms with E-state index in [4.69, 9.17) is 21.4 Å². The van der Waals surface area contributed by atoms with Crippen LogP contribution < -0.4 is 10.6 Å². The molecular weight excluding hydrogens is 275 g/mol. The molecule has 0 bridgehead atoms. The number of nitrogens with two attached hydrogens (primary N) is 1.